The molecule has 1 unspecified atom stereocenters. The molecule has 1 atom stereocenters. The van der Waals surface area contributed by atoms with Crippen LogP contribution in [-0.2, 0) is 4.79 Å². The Morgan fingerprint density at radius 2 is 2.03 bits per heavy atom. The highest BCUT2D eigenvalue weighted by molar-refractivity contribution is 5.77. The van der Waals surface area contributed by atoms with E-state index in [9.17, 15) is 9.18 Å². The zero-order valence-corrected chi connectivity index (χ0v) is 17.9. The lowest BCUT2D eigenvalue weighted by molar-refractivity contribution is -0.135. The number of hydrogen-bond donors (Lipinski definition) is 1. The maximum atomic E-state index is 13.8. The number of amides is 1. The topological polar surface area (TPSA) is 52.2 Å². The summed E-state index contributed by atoms with van der Waals surface area (Å²) in [5, 5.41) is 7.32. The number of carbonyl (C=O) groups excluding carboxylic acids is 1. The number of benzene rings is 2. The molecule has 1 amide bonds. The monoisotopic (exact) mass is 420 g/mol. The van der Waals surface area contributed by atoms with Crippen LogP contribution in [-0.4, -0.2) is 41.1 Å². The predicted octanol–water partition coefficient (Wildman–Crippen LogP) is 5.19. The summed E-state index contributed by atoms with van der Waals surface area (Å²) in [6.07, 6.45) is 6.00. The number of para-hydroxylation sites is 1. The third-order valence-electron chi connectivity index (χ3n) is 6.04. The van der Waals surface area contributed by atoms with Crippen LogP contribution in [0.3, 0.4) is 0 Å². The van der Waals surface area contributed by atoms with Crippen molar-refractivity contribution >= 4 is 11.6 Å². The molecule has 5 nitrogen and oxygen atoms in total. The van der Waals surface area contributed by atoms with Gasteiger partial charge in [0.05, 0.1) is 17.9 Å². The van der Waals surface area contributed by atoms with Gasteiger partial charge >= 0.3 is 0 Å². The first kappa shape index (κ1) is 21.1. The van der Waals surface area contributed by atoms with Crippen LogP contribution >= 0.6 is 0 Å². The number of anilines is 1. The van der Waals surface area contributed by atoms with Crippen LogP contribution in [0.15, 0.2) is 60.8 Å². The van der Waals surface area contributed by atoms with E-state index >= 15 is 0 Å². The van der Waals surface area contributed by atoms with E-state index < -0.39 is 0 Å². The molecule has 1 aliphatic rings. The number of piperidine rings is 1. The van der Waals surface area contributed by atoms with Crippen molar-refractivity contribution in [2.45, 2.75) is 38.1 Å². The van der Waals surface area contributed by atoms with Gasteiger partial charge in [-0.1, -0.05) is 30.3 Å². The molecule has 0 aliphatic carbocycles. The van der Waals surface area contributed by atoms with Crippen molar-refractivity contribution in [3.05, 3.63) is 72.3 Å². The number of carbonyl (C=O) groups is 1. The average molecular weight is 421 g/mol. The van der Waals surface area contributed by atoms with Crippen LogP contribution in [0.2, 0.25) is 0 Å². The summed E-state index contributed by atoms with van der Waals surface area (Å²) in [5.41, 5.74) is 3.71. The quantitative estimate of drug-likeness (QED) is 0.573. The molecule has 162 valence electrons. The summed E-state index contributed by atoms with van der Waals surface area (Å²) >= 11 is 0. The highest BCUT2D eigenvalue weighted by atomic mass is 19.1. The predicted molar refractivity (Wildman–Crippen MR) is 121 cm³/mol. The molecule has 3 aromatic rings. The minimum atomic E-state index is -0.274. The fourth-order valence-electron chi connectivity index (χ4n) is 4.39. The van der Waals surface area contributed by atoms with Gasteiger partial charge in [-0.2, -0.15) is 5.10 Å². The Balaban J connectivity index is 1.43. The molecule has 2 heterocycles. The number of nitrogens with one attached hydrogen (secondary N) is 1. The third kappa shape index (κ3) is 4.95. The zero-order chi connectivity index (χ0) is 21.6. The van der Waals surface area contributed by atoms with Gasteiger partial charge in [0.15, 0.2) is 0 Å². The largest absolute Gasteiger partial charge is 0.375 e. The molecule has 1 saturated heterocycles. The molecule has 31 heavy (non-hydrogen) atoms. The maximum absolute atomic E-state index is 13.8. The molecule has 0 spiro atoms. The Morgan fingerprint density at radius 1 is 1.19 bits per heavy atom. The van der Waals surface area contributed by atoms with E-state index in [1.54, 1.807) is 12.3 Å². The van der Waals surface area contributed by atoms with Gasteiger partial charge in [0, 0.05) is 37.8 Å². The fourth-order valence-corrected chi connectivity index (χ4v) is 4.39. The van der Waals surface area contributed by atoms with Gasteiger partial charge in [-0.15, -0.1) is 0 Å². The number of rotatable bonds is 7. The van der Waals surface area contributed by atoms with Crippen molar-refractivity contribution in [2.75, 3.05) is 25.0 Å². The van der Waals surface area contributed by atoms with Crippen molar-refractivity contribution < 1.29 is 9.18 Å². The standard InChI is InChI=1S/C25H29FN4O/c1-29(21-11-3-2-4-12-21)15-8-14-24(31)30-16-6-5-13-23(30)25-22(18-27-28-25)19-9-7-10-20(26)17-19/h2-4,7,9-12,17-18,23H,5-6,8,13-16H2,1H3,(H,27,28). The second kappa shape index (κ2) is 9.77. The van der Waals surface area contributed by atoms with Gasteiger partial charge in [-0.3, -0.25) is 9.89 Å². The Labute approximate surface area is 182 Å². The molecule has 1 fully saturated rings. The lowest BCUT2D eigenvalue weighted by Crippen LogP contribution is -2.39. The molecule has 1 aliphatic heterocycles. The molecule has 0 bridgehead atoms. The smallest absolute Gasteiger partial charge is 0.223 e. The Kier molecular flexibility index (Phi) is 6.65. The number of halogens is 1. The SMILES string of the molecule is CN(CCCC(=O)N1CCCCC1c1[nH]ncc1-c1cccc(F)c1)c1ccccc1. The number of H-pyrrole nitrogens is 1. The summed E-state index contributed by atoms with van der Waals surface area (Å²) < 4.78 is 13.8. The van der Waals surface area contributed by atoms with Crippen LogP contribution in [0.1, 0.15) is 43.8 Å². The van der Waals surface area contributed by atoms with Crippen molar-refractivity contribution in [2.24, 2.45) is 0 Å². The van der Waals surface area contributed by atoms with E-state index in [0.717, 1.165) is 61.3 Å². The maximum Gasteiger partial charge on any atom is 0.223 e. The second-order valence-electron chi connectivity index (χ2n) is 8.17. The van der Waals surface area contributed by atoms with Crippen molar-refractivity contribution in [3.63, 3.8) is 0 Å². The zero-order valence-electron chi connectivity index (χ0n) is 17.9. The van der Waals surface area contributed by atoms with Crippen molar-refractivity contribution in [1.82, 2.24) is 15.1 Å². The van der Waals surface area contributed by atoms with Crippen LogP contribution < -0.4 is 4.90 Å². The lowest BCUT2D eigenvalue weighted by Gasteiger charge is -2.36. The van der Waals surface area contributed by atoms with Crippen LogP contribution in [0.25, 0.3) is 11.1 Å². The summed E-state index contributed by atoms with van der Waals surface area (Å²) in [5.74, 6) is -0.102. The molecular weight excluding hydrogens is 391 g/mol. The molecule has 1 aromatic heterocycles. The molecular formula is C25H29FN4O. The summed E-state index contributed by atoms with van der Waals surface area (Å²) in [6.45, 7) is 1.58. The Bertz CT molecular complexity index is 1000. The minimum Gasteiger partial charge on any atom is -0.375 e. The minimum absolute atomic E-state index is 0.0473. The highest BCUT2D eigenvalue weighted by Crippen LogP contribution is 2.36. The molecule has 2 aromatic carbocycles. The van der Waals surface area contributed by atoms with Crippen molar-refractivity contribution in [3.8, 4) is 11.1 Å². The van der Waals surface area contributed by atoms with Gasteiger partial charge in [0.2, 0.25) is 5.91 Å². The molecule has 6 heteroatoms. The molecule has 0 saturated carbocycles. The first-order chi connectivity index (χ1) is 15.1. The molecule has 1 N–H and O–H groups in total. The number of aromatic amines is 1. The van der Waals surface area contributed by atoms with Crippen LogP contribution in [0.4, 0.5) is 10.1 Å². The van der Waals surface area contributed by atoms with Gasteiger partial charge in [-0.25, -0.2) is 4.39 Å². The van der Waals surface area contributed by atoms with Gasteiger partial charge in [0.1, 0.15) is 5.82 Å². The Hall–Kier alpha value is -3.15. The van der Waals surface area contributed by atoms with Crippen molar-refractivity contribution in [1.29, 1.82) is 0 Å². The fraction of sp³-hybridized carbons (Fsp3) is 0.360. The third-order valence-corrected chi connectivity index (χ3v) is 6.04. The second-order valence-corrected chi connectivity index (χ2v) is 8.17. The highest BCUT2D eigenvalue weighted by Gasteiger charge is 2.30. The van der Waals surface area contributed by atoms with Crippen LogP contribution in [0, 0.1) is 5.82 Å². The average Bonchev–Trinajstić information content (AvgIpc) is 3.29. The van der Waals surface area contributed by atoms with E-state index in [1.165, 1.54) is 12.1 Å². The molecule has 0 radical (unpaired) electrons. The lowest BCUT2D eigenvalue weighted by atomic mass is 9.94. The number of nitrogens with zero attached hydrogens (tertiary/aromatic N) is 3. The number of aromatic nitrogens is 2. The van der Waals surface area contributed by atoms with Gasteiger partial charge < -0.3 is 9.80 Å². The van der Waals surface area contributed by atoms with Gasteiger partial charge in [0.25, 0.3) is 0 Å². The van der Waals surface area contributed by atoms with E-state index in [2.05, 4.69) is 34.3 Å². The van der Waals surface area contributed by atoms with E-state index in [0.29, 0.717) is 6.42 Å². The summed E-state index contributed by atoms with van der Waals surface area (Å²) in [4.78, 5) is 17.3. The normalized spacial score (nSPS) is 16.3. The van der Waals surface area contributed by atoms with Crippen LogP contribution in [0.5, 0.6) is 0 Å². The van der Waals surface area contributed by atoms with E-state index in [-0.39, 0.29) is 17.8 Å². The molecule has 4 rings (SSSR count). The van der Waals surface area contributed by atoms with Gasteiger partial charge in [-0.05, 0) is 55.5 Å². The first-order valence-corrected chi connectivity index (χ1v) is 11.0. The summed E-state index contributed by atoms with van der Waals surface area (Å²) in [7, 11) is 2.05. The van der Waals surface area contributed by atoms with E-state index in [4.69, 9.17) is 0 Å². The number of likely N-dealkylation sites (tertiary alicyclic amines) is 1. The first-order valence-electron chi connectivity index (χ1n) is 11.0. The summed E-state index contributed by atoms with van der Waals surface area (Å²) in [6, 6.07) is 16.7. The Morgan fingerprint density at radius 3 is 2.84 bits per heavy atom. The van der Waals surface area contributed by atoms with E-state index in [1.807, 2.05) is 29.2 Å². The number of hydrogen-bond acceptors (Lipinski definition) is 3.